The summed E-state index contributed by atoms with van der Waals surface area (Å²) in [6.45, 7) is 0.636. The molecule has 20 heavy (non-hydrogen) atoms. The molecule has 102 valence electrons. The summed E-state index contributed by atoms with van der Waals surface area (Å²) in [4.78, 5) is 12.5. The largest absolute Gasteiger partial charge is 0.384 e. The van der Waals surface area contributed by atoms with Gasteiger partial charge >= 0.3 is 0 Å². The monoisotopic (exact) mass is 394 g/mol. The van der Waals surface area contributed by atoms with Crippen LogP contribution < -0.4 is 10.6 Å². The molecule has 0 fully saturated rings. The number of nitrogens with one attached hydrogen (secondary N) is 2. The number of halogens is 2. The summed E-state index contributed by atoms with van der Waals surface area (Å²) in [7, 11) is 0. The quantitative estimate of drug-likeness (QED) is 0.793. The lowest BCUT2D eigenvalue weighted by Gasteiger charge is -2.12. The van der Waals surface area contributed by atoms with E-state index in [1.165, 1.54) is 0 Å². The van der Waals surface area contributed by atoms with Crippen molar-refractivity contribution in [3.8, 4) is 0 Å². The van der Waals surface area contributed by atoms with Crippen molar-refractivity contribution in [1.82, 2.24) is 0 Å². The number of benzene rings is 2. The van der Waals surface area contributed by atoms with Gasteiger partial charge in [-0.05, 0) is 45.8 Å². The number of fused-ring (bicyclic) bond motifs is 1. The first-order valence-electron chi connectivity index (χ1n) is 6.24. The van der Waals surface area contributed by atoms with Crippen molar-refractivity contribution in [2.24, 2.45) is 0 Å². The van der Waals surface area contributed by atoms with Crippen LogP contribution >= 0.6 is 31.9 Å². The van der Waals surface area contributed by atoms with Crippen LogP contribution in [0.15, 0.2) is 51.4 Å². The molecule has 3 nitrogen and oxygen atoms in total. The van der Waals surface area contributed by atoms with Gasteiger partial charge < -0.3 is 10.6 Å². The minimum absolute atomic E-state index is 0.00116. The number of amides is 1. The van der Waals surface area contributed by atoms with Gasteiger partial charge in [-0.3, -0.25) is 4.79 Å². The molecule has 2 aromatic rings. The maximum atomic E-state index is 12.5. The predicted molar refractivity (Wildman–Crippen MR) is 88.1 cm³/mol. The minimum atomic E-state index is -0.155. The molecule has 0 saturated carbocycles. The molecule has 2 N–H and O–H groups in total. The van der Waals surface area contributed by atoms with E-state index in [0.29, 0.717) is 6.54 Å². The molecular formula is C15H12Br2N2O. The number of carbonyl (C=O) groups is 1. The molecule has 0 aromatic heterocycles. The first kappa shape index (κ1) is 13.6. The Bertz CT molecular complexity index is 673. The molecule has 1 aliphatic heterocycles. The van der Waals surface area contributed by atoms with Crippen molar-refractivity contribution in [2.75, 3.05) is 17.2 Å². The second-order valence-corrected chi connectivity index (χ2v) is 6.40. The van der Waals surface area contributed by atoms with Gasteiger partial charge in [0, 0.05) is 21.2 Å². The van der Waals surface area contributed by atoms with E-state index in [2.05, 4.69) is 42.5 Å². The highest BCUT2D eigenvalue weighted by atomic mass is 79.9. The third-order valence-electron chi connectivity index (χ3n) is 3.34. The lowest BCUT2D eigenvalue weighted by Crippen LogP contribution is -2.22. The Balaban J connectivity index is 1.83. The topological polar surface area (TPSA) is 41.1 Å². The van der Waals surface area contributed by atoms with Crippen LogP contribution in [0.3, 0.4) is 0 Å². The van der Waals surface area contributed by atoms with Crippen molar-refractivity contribution in [2.45, 2.75) is 5.92 Å². The Morgan fingerprint density at radius 1 is 1.20 bits per heavy atom. The maximum absolute atomic E-state index is 12.5. The van der Waals surface area contributed by atoms with E-state index in [1.807, 2.05) is 42.5 Å². The lowest BCUT2D eigenvalue weighted by molar-refractivity contribution is -0.117. The number of anilines is 2. The van der Waals surface area contributed by atoms with Crippen molar-refractivity contribution < 1.29 is 4.79 Å². The molecule has 0 bridgehead atoms. The summed E-state index contributed by atoms with van der Waals surface area (Å²) in [6.07, 6.45) is 0. The van der Waals surface area contributed by atoms with Crippen LogP contribution in [0.25, 0.3) is 0 Å². The highest BCUT2D eigenvalue weighted by molar-refractivity contribution is 9.11. The fraction of sp³-hybridized carbons (Fsp3) is 0.133. The highest BCUT2D eigenvalue weighted by Crippen LogP contribution is 2.33. The summed E-state index contributed by atoms with van der Waals surface area (Å²) >= 11 is 6.86. The number of carbonyl (C=O) groups excluding carboxylic acids is 1. The Labute approximate surface area is 134 Å². The van der Waals surface area contributed by atoms with Crippen LogP contribution in [-0.2, 0) is 4.79 Å². The molecule has 1 heterocycles. The van der Waals surface area contributed by atoms with Crippen molar-refractivity contribution in [3.05, 3.63) is 57.0 Å². The number of hydrogen-bond acceptors (Lipinski definition) is 2. The molecule has 1 unspecified atom stereocenters. The first-order valence-corrected chi connectivity index (χ1v) is 7.82. The smallest absolute Gasteiger partial charge is 0.233 e. The summed E-state index contributed by atoms with van der Waals surface area (Å²) in [5.41, 5.74) is 2.87. The second-order valence-electron chi connectivity index (χ2n) is 4.63. The third-order valence-corrected chi connectivity index (χ3v) is 4.52. The van der Waals surface area contributed by atoms with E-state index < -0.39 is 0 Å². The van der Waals surface area contributed by atoms with E-state index in [1.54, 1.807) is 0 Å². The molecule has 1 atom stereocenters. The Hall–Kier alpha value is -1.33. The van der Waals surface area contributed by atoms with Crippen LogP contribution in [-0.4, -0.2) is 12.5 Å². The van der Waals surface area contributed by atoms with Crippen LogP contribution in [0.4, 0.5) is 11.4 Å². The molecule has 0 radical (unpaired) electrons. The fourth-order valence-corrected chi connectivity index (χ4v) is 3.04. The summed E-state index contributed by atoms with van der Waals surface area (Å²) in [5.74, 6) is -0.154. The van der Waals surface area contributed by atoms with Crippen LogP contribution in [0.5, 0.6) is 0 Å². The van der Waals surface area contributed by atoms with Gasteiger partial charge in [0.15, 0.2) is 0 Å². The highest BCUT2D eigenvalue weighted by Gasteiger charge is 2.28. The summed E-state index contributed by atoms with van der Waals surface area (Å²) in [6, 6.07) is 13.6. The molecule has 0 aliphatic carbocycles. The molecule has 3 rings (SSSR count). The maximum Gasteiger partial charge on any atom is 0.233 e. The first-order chi connectivity index (χ1) is 9.65. The summed E-state index contributed by atoms with van der Waals surface area (Å²) in [5, 5.41) is 6.24. The average Bonchev–Trinajstić information content (AvgIpc) is 2.87. The van der Waals surface area contributed by atoms with Gasteiger partial charge in [0.1, 0.15) is 0 Å². The van der Waals surface area contributed by atoms with Crippen molar-refractivity contribution in [1.29, 1.82) is 0 Å². The van der Waals surface area contributed by atoms with Crippen LogP contribution in [0.1, 0.15) is 11.5 Å². The average molecular weight is 396 g/mol. The molecular weight excluding hydrogens is 384 g/mol. The van der Waals surface area contributed by atoms with E-state index >= 15 is 0 Å². The summed E-state index contributed by atoms with van der Waals surface area (Å²) < 4.78 is 1.80. The predicted octanol–water partition coefficient (Wildman–Crippen LogP) is 4.36. The van der Waals surface area contributed by atoms with E-state index in [4.69, 9.17) is 0 Å². The van der Waals surface area contributed by atoms with Gasteiger partial charge in [-0.25, -0.2) is 0 Å². The Morgan fingerprint density at radius 2 is 2.00 bits per heavy atom. The molecule has 2 aromatic carbocycles. The zero-order valence-corrected chi connectivity index (χ0v) is 13.7. The number of hydrogen-bond donors (Lipinski definition) is 2. The molecule has 1 aliphatic rings. The van der Waals surface area contributed by atoms with Gasteiger partial charge in [0.25, 0.3) is 0 Å². The van der Waals surface area contributed by atoms with E-state index in [9.17, 15) is 4.79 Å². The molecule has 5 heteroatoms. The van der Waals surface area contributed by atoms with E-state index in [0.717, 1.165) is 25.9 Å². The molecule has 0 saturated heterocycles. The zero-order valence-electron chi connectivity index (χ0n) is 10.5. The Kier molecular flexibility index (Phi) is 3.81. The van der Waals surface area contributed by atoms with Crippen LogP contribution in [0, 0.1) is 0 Å². The van der Waals surface area contributed by atoms with Crippen molar-refractivity contribution in [3.63, 3.8) is 0 Å². The third kappa shape index (κ3) is 2.60. The van der Waals surface area contributed by atoms with Crippen molar-refractivity contribution >= 4 is 49.1 Å². The standard InChI is InChI=1S/C15H12Br2N2O/c16-9-5-6-12(17)14(7-9)19-15(20)11-8-18-13-4-2-1-3-10(11)13/h1-7,11,18H,8H2,(H,19,20). The Morgan fingerprint density at radius 3 is 2.85 bits per heavy atom. The number of rotatable bonds is 2. The molecule has 1 amide bonds. The van der Waals surface area contributed by atoms with Gasteiger partial charge in [0.2, 0.25) is 5.91 Å². The lowest BCUT2D eigenvalue weighted by atomic mass is 10.0. The SMILES string of the molecule is O=C(Nc1cc(Br)ccc1Br)C1CNc2ccccc21. The van der Waals surface area contributed by atoms with Crippen LogP contribution in [0.2, 0.25) is 0 Å². The minimum Gasteiger partial charge on any atom is -0.384 e. The van der Waals surface area contributed by atoms with Gasteiger partial charge in [0.05, 0.1) is 11.6 Å². The van der Waals surface area contributed by atoms with Gasteiger partial charge in [-0.1, -0.05) is 34.1 Å². The fourth-order valence-electron chi connectivity index (χ4n) is 2.33. The molecule has 0 spiro atoms. The number of para-hydroxylation sites is 1. The second kappa shape index (κ2) is 5.58. The van der Waals surface area contributed by atoms with Gasteiger partial charge in [-0.15, -0.1) is 0 Å². The zero-order chi connectivity index (χ0) is 14.1. The van der Waals surface area contributed by atoms with Gasteiger partial charge in [-0.2, -0.15) is 0 Å². The normalized spacial score (nSPS) is 16.4. The van der Waals surface area contributed by atoms with E-state index in [-0.39, 0.29) is 11.8 Å².